The zero-order chi connectivity index (χ0) is 25.4. The van der Waals surface area contributed by atoms with Crippen LogP contribution in [0.25, 0.3) is 6.08 Å². The van der Waals surface area contributed by atoms with Crippen molar-refractivity contribution < 1.29 is 22.7 Å². The molecule has 0 aliphatic rings. The third-order valence-electron chi connectivity index (χ3n) is 5.58. The number of amides is 1. The molecule has 0 atom stereocenters. The number of ether oxygens (including phenoxy) is 2. The molecular weight excluding hydrogens is 462 g/mol. The quantitative estimate of drug-likeness (QED) is 0.334. The number of carbonyl (C=O) groups is 1. The first kappa shape index (κ1) is 26.0. The van der Waals surface area contributed by atoms with E-state index in [0.717, 1.165) is 34.7 Å². The van der Waals surface area contributed by atoms with Crippen LogP contribution < -0.4 is 13.8 Å². The standard InChI is InChI=1S/C28H31NO5S/c1-5-6-7-22-10-14-24(15-11-22)29(35(31,32)25-16-8-21(2)9-17-25)28(30)19-13-23-12-18-26(33-3)27(20-23)34-4/h8-20H,5-7H2,1-4H3/b19-13+. The Balaban J connectivity index is 1.99. The number of nitrogens with zero attached hydrogens (tertiary/aromatic N) is 1. The Kier molecular flexibility index (Phi) is 8.71. The Morgan fingerprint density at radius 3 is 2.17 bits per heavy atom. The van der Waals surface area contributed by atoms with Gasteiger partial charge in [0.15, 0.2) is 11.5 Å². The normalized spacial score (nSPS) is 11.4. The van der Waals surface area contributed by atoms with Gasteiger partial charge in [-0.1, -0.05) is 49.2 Å². The van der Waals surface area contributed by atoms with E-state index >= 15 is 0 Å². The Bertz CT molecular complexity index is 1280. The molecule has 0 radical (unpaired) electrons. The fraction of sp³-hybridized carbons (Fsp3) is 0.250. The summed E-state index contributed by atoms with van der Waals surface area (Å²) in [6.45, 7) is 3.99. The first-order valence-electron chi connectivity index (χ1n) is 11.4. The van der Waals surface area contributed by atoms with Crippen LogP contribution in [0.3, 0.4) is 0 Å². The molecule has 0 saturated carbocycles. The molecular formula is C28H31NO5S. The van der Waals surface area contributed by atoms with Gasteiger partial charge in [0.05, 0.1) is 24.8 Å². The molecule has 0 spiro atoms. The van der Waals surface area contributed by atoms with E-state index in [0.29, 0.717) is 17.1 Å². The van der Waals surface area contributed by atoms with Crippen LogP contribution in [0.4, 0.5) is 5.69 Å². The number of hydrogen-bond donors (Lipinski definition) is 0. The van der Waals surface area contributed by atoms with Crippen LogP contribution in [0, 0.1) is 6.92 Å². The summed E-state index contributed by atoms with van der Waals surface area (Å²) >= 11 is 0. The van der Waals surface area contributed by atoms with Gasteiger partial charge in [-0.2, -0.15) is 4.31 Å². The van der Waals surface area contributed by atoms with Gasteiger partial charge < -0.3 is 9.47 Å². The maximum absolute atomic E-state index is 13.6. The average molecular weight is 494 g/mol. The van der Waals surface area contributed by atoms with Crippen molar-refractivity contribution in [1.29, 1.82) is 0 Å². The SMILES string of the molecule is CCCCc1ccc(N(C(=O)/C=C/c2ccc(OC)c(OC)c2)S(=O)(=O)c2ccc(C)cc2)cc1. The number of anilines is 1. The Morgan fingerprint density at radius 2 is 1.57 bits per heavy atom. The fourth-order valence-electron chi connectivity index (χ4n) is 3.57. The van der Waals surface area contributed by atoms with E-state index in [1.165, 1.54) is 32.4 Å². The predicted molar refractivity (Wildman–Crippen MR) is 139 cm³/mol. The molecule has 0 bridgehead atoms. The molecule has 0 fully saturated rings. The molecule has 35 heavy (non-hydrogen) atoms. The first-order valence-corrected chi connectivity index (χ1v) is 12.9. The summed E-state index contributed by atoms with van der Waals surface area (Å²) in [6.07, 6.45) is 5.80. The van der Waals surface area contributed by atoms with E-state index in [4.69, 9.17) is 9.47 Å². The lowest BCUT2D eigenvalue weighted by Gasteiger charge is -2.22. The highest BCUT2D eigenvalue weighted by Gasteiger charge is 2.29. The summed E-state index contributed by atoms with van der Waals surface area (Å²) in [7, 11) is -1.08. The van der Waals surface area contributed by atoms with Crippen LogP contribution in [0.2, 0.25) is 0 Å². The van der Waals surface area contributed by atoms with Crippen LogP contribution in [0.15, 0.2) is 77.7 Å². The van der Waals surface area contributed by atoms with Gasteiger partial charge in [-0.05, 0) is 73.4 Å². The second kappa shape index (κ2) is 11.7. The van der Waals surface area contributed by atoms with E-state index < -0.39 is 15.9 Å². The molecule has 7 heteroatoms. The van der Waals surface area contributed by atoms with Gasteiger partial charge in [0.2, 0.25) is 0 Å². The van der Waals surface area contributed by atoms with E-state index in [2.05, 4.69) is 6.92 Å². The third kappa shape index (κ3) is 6.31. The minimum atomic E-state index is -4.14. The molecule has 1 amide bonds. The number of sulfonamides is 1. The summed E-state index contributed by atoms with van der Waals surface area (Å²) < 4.78 is 38.5. The number of rotatable bonds is 10. The molecule has 0 heterocycles. The summed E-state index contributed by atoms with van der Waals surface area (Å²) in [6, 6.07) is 18.7. The van der Waals surface area contributed by atoms with Crippen LogP contribution in [0.1, 0.15) is 36.5 Å². The molecule has 0 N–H and O–H groups in total. The summed E-state index contributed by atoms with van der Waals surface area (Å²) in [5.74, 6) is 0.387. The third-order valence-corrected chi connectivity index (χ3v) is 7.31. The van der Waals surface area contributed by atoms with Gasteiger partial charge in [-0.3, -0.25) is 4.79 Å². The van der Waals surface area contributed by atoms with Gasteiger partial charge >= 0.3 is 0 Å². The van der Waals surface area contributed by atoms with Crippen LogP contribution in [-0.4, -0.2) is 28.5 Å². The van der Waals surface area contributed by atoms with E-state index in [-0.39, 0.29) is 10.6 Å². The van der Waals surface area contributed by atoms with Crippen LogP contribution >= 0.6 is 0 Å². The second-order valence-corrected chi connectivity index (χ2v) is 9.93. The monoisotopic (exact) mass is 493 g/mol. The lowest BCUT2D eigenvalue weighted by atomic mass is 10.1. The number of carbonyl (C=O) groups excluding carboxylic acids is 1. The first-order chi connectivity index (χ1) is 16.8. The molecule has 3 aromatic rings. The van der Waals surface area contributed by atoms with Crippen LogP contribution in [0.5, 0.6) is 11.5 Å². The van der Waals surface area contributed by atoms with Crippen molar-refractivity contribution in [3.63, 3.8) is 0 Å². The van der Waals surface area contributed by atoms with Crippen molar-refractivity contribution in [1.82, 2.24) is 0 Å². The molecule has 0 aromatic heterocycles. The maximum atomic E-state index is 13.6. The minimum Gasteiger partial charge on any atom is -0.493 e. The van der Waals surface area contributed by atoms with Crippen molar-refractivity contribution in [2.75, 3.05) is 18.5 Å². The van der Waals surface area contributed by atoms with Gasteiger partial charge in [0, 0.05) is 6.08 Å². The van der Waals surface area contributed by atoms with Crippen molar-refractivity contribution >= 4 is 27.7 Å². The minimum absolute atomic E-state index is 0.0472. The van der Waals surface area contributed by atoms with Gasteiger partial charge in [0.25, 0.3) is 15.9 Å². The molecule has 6 nitrogen and oxygen atoms in total. The van der Waals surface area contributed by atoms with E-state index in [1.54, 1.807) is 48.5 Å². The smallest absolute Gasteiger partial charge is 0.271 e. The molecule has 0 aliphatic carbocycles. The summed E-state index contributed by atoms with van der Waals surface area (Å²) in [5, 5.41) is 0. The molecule has 0 unspecified atom stereocenters. The topological polar surface area (TPSA) is 72.9 Å². The lowest BCUT2D eigenvalue weighted by Crippen LogP contribution is -2.35. The van der Waals surface area contributed by atoms with Gasteiger partial charge in [-0.15, -0.1) is 0 Å². The van der Waals surface area contributed by atoms with Gasteiger partial charge in [0.1, 0.15) is 0 Å². The van der Waals surface area contributed by atoms with Crippen LogP contribution in [-0.2, 0) is 21.2 Å². The summed E-state index contributed by atoms with van der Waals surface area (Å²) in [4.78, 5) is 13.4. The number of methoxy groups -OCH3 is 2. The molecule has 0 aliphatic heterocycles. The molecule has 184 valence electrons. The Morgan fingerprint density at radius 1 is 0.914 bits per heavy atom. The number of hydrogen-bond acceptors (Lipinski definition) is 5. The zero-order valence-corrected chi connectivity index (χ0v) is 21.3. The average Bonchev–Trinajstić information content (AvgIpc) is 2.87. The highest BCUT2D eigenvalue weighted by atomic mass is 32.2. The van der Waals surface area contributed by atoms with Crippen molar-refractivity contribution in [3.05, 3.63) is 89.5 Å². The Hall–Kier alpha value is -3.58. The maximum Gasteiger partial charge on any atom is 0.271 e. The molecule has 3 aromatic carbocycles. The zero-order valence-electron chi connectivity index (χ0n) is 20.5. The predicted octanol–water partition coefficient (Wildman–Crippen LogP) is 5.79. The van der Waals surface area contributed by atoms with Gasteiger partial charge in [-0.25, -0.2) is 8.42 Å². The van der Waals surface area contributed by atoms with E-state index in [1.807, 2.05) is 19.1 Å². The second-order valence-electron chi connectivity index (χ2n) is 8.14. The number of unbranched alkanes of at least 4 members (excludes halogenated alkanes) is 1. The highest BCUT2D eigenvalue weighted by molar-refractivity contribution is 7.93. The van der Waals surface area contributed by atoms with Crippen molar-refractivity contribution in [3.8, 4) is 11.5 Å². The van der Waals surface area contributed by atoms with Crippen molar-refractivity contribution in [2.24, 2.45) is 0 Å². The fourth-order valence-corrected chi connectivity index (χ4v) is 4.96. The Labute approximate surface area is 207 Å². The van der Waals surface area contributed by atoms with Crippen molar-refractivity contribution in [2.45, 2.75) is 38.0 Å². The number of aryl methyl sites for hydroxylation is 2. The largest absolute Gasteiger partial charge is 0.493 e. The van der Waals surface area contributed by atoms with E-state index in [9.17, 15) is 13.2 Å². The number of benzene rings is 3. The molecule has 0 saturated heterocycles. The lowest BCUT2D eigenvalue weighted by molar-refractivity contribution is -0.113. The molecule has 3 rings (SSSR count). The highest BCUT2D eigenvalue weighted by Crippen LogP contribution is 2.29. The summed E-state index contributed by atoms with van der Waals surface area (Å²) in [5.41, 5.74) is 2.97.